The molecule has 0 radical (unpaired) electrons. The molecule has 0 unspecified atom stereocenters. The molecule has 3 heteroatoms. The van der Waals surface area contributed by atoms with Crippen LogP contribution in [-0.2, 0) is 0 Å². The van der Waals surface area contributed by atoms with Crippen LogP contribution in [0, 0.1) is 13.8 Å². The van der Waals surface area contributed by atoms with Gasteiger partial charge in [0.15, 0.2) is 0 Å². The second-order valence-electron chi connectivity index (χ2n) is 38.2. The Morgan fingerprint density at radius 1 is 0.109 bits per heavy atom. The lowest BCUT2D eigenvalue weighted by Crippen LogP contribution is -2.10. The minimum Gasteiger partial charge on any atom is -0.310 e. The van der Waals surface area contributed by atoms with Gasteiger partial charge in [0, 0.05) is 50.9 Å². The molecule has 27 aromatic rings. The van der Waals surface area contributed by atoms with Crippen LogP contribution in [0.4, 0.5) is 51.2 Å². The Balaban J connectivity index is 0.000000116. The van der Waals surface area contributed by atoms with Gasteiger partial charge in [0.2, 0.25) is 0 Å². The molecule has 0 amide bonds. The maximum absolute atomic E-state index is 2.43. The third-order valence-electron chi connectivity index (χ3n) is 29.2. The zero-order valence-electron chi connectivity index (χ0n) is 81.7. The van der Waals surface area contributed by atoms with E-state index in [4.69, 9.17) is 0 Å². The molecule has 0 aliphatic rings. The normalized spacial score (nSPS) is 11.3. The summed E-state index contributed by atoms with van der Waals surface area (Å²) in [5.74, 6) is 0. The quantitative estimate of drug-likeness (QED) is 0.0842. The van der Waals surface area contributed by atoms with Gasteiger partial charge in [-0.1, -0.05) is 472 Å². The van der Waals surface area contributed by atoms with E-state index >= 15 is 0 Å². The van der Waals surface area contributed by atoms with Crippen LogP contribution in [0.2, 0.25) is 0 Å². The molecule has 3 nitrogen and oxygen atoms in total. The van der Waals surface area contributed by atoms with Gasteiger partial charge in [-0.15, -0.1) is 0 Å². The van der Waals surface area contributed by atoms with Crippen molar-refractivity contribution >= 4 is 159 Å². The summed E-state index contributed by atoms with van der Waals surface area (Å²) in [6.45, 7) is 4.27. The van der Waals surface area contributed by atoms with Crippen molar-refractivity contribution < 1.29 is 0 Å². The van der Waals surface area contributed by atoms with E-state index < -0.39 is 0 Å². The Bertz CT molecular complexity index is 9520. The van der Waals surface area contributed by atoms with Crippen molar-refractivity contribution in [3.63, 3.8) is 0 Å². The highest BCUT2D eigenvalue weighted by Crippen LogP contribution is 2.53. The van der Waals surface area contributed by atoms with Crippen LogP contribution in [0.15, 0.2) is 576 Å². The van der Waals surface area contributed by atoms with Gasteiger partial charge in [0.1, 0.15) is 0 Å². The molecule has 0 saturated heterocycles. The number of hydrogen-bond acceptors (Lipinski definition) is 3. The van der Waals surface area contributed by atoms with Gasteiger partial charge in [0.05, 0.1) is 5.69 Å². The summed E-state index contributed by atoms with van der Waals surface area (Å²) < 4.78 is 0. The Hall–Kier alpha value is -19.1. The first kappa shape index (κ1) is 89.3. The van der Waals surface area contributed by atoms with Crippen LogP contribution in [0.5, 0.6) is 0 Å². The van der Waals surface area contributed by atoms with Crippen LogP contribution in [0.3, 0.4) is 0 Å². The van der Waals surface area contributed by atoms with Gasteiger partial charge >= 0.3 is 0 Å². The highest BCUT2D eigenvalue weighted by atomic mass is 15.2. The Labute approximate surface area is 857 Å². The van der Waals surface area contributed by atoms with Crippen LogP contribution >= 0.6 is 0 Å². The monoisotopic (exact) mass is 1870 g/mol. The number of aryl methyl sites for hydroxylation is 2. The lowest BCUT2D eigenvalue weighted by atomic mass is 9.85. The lowest BCUT2D eigenvalue weighted by molar-refractivity contribution is 1.27. The highest BCUT2D eigenvalue weighted by Gasteiger charge is 2.27. The molecular formula is C144H101N3. The van der Waals surface area contributed by atoms with E-state index in [0.29, 0.717) is 0 Å². The number of rotatable bonds is 17. The second kappa shape index (κ2) is 39.4. The Kier molecular flexibility index (Phi) is 24.0. The molecule has 0 N–H and O–H groups in total. The zero-order valence-corrected chi connectivity index (χ0v) is 81.7. The predicted octanol–water partition coefficient (Wildman–Crippen LogP) is 41.0. The molecule has 0 aliphatic heterocycles. The predicted molar refractivity (Wildman–Crippen MR) is 631 cm³/mol. The van der Waals surface area contributed by atoms with E-state index in [1.54, 1.807) is 0 Å². The van der Waals surface area contributed by atoms with Gasteiger partial charge < -0.3 is 14.7 Å². The van der Waals surface area contributed by atoms with Crippen molar-refractivity contribution in [3.8, 4) is 89.0 Å². The van der Waals surface area contributed by atoms with Crippen molar-refractivity contribution in [2.75, 3.05) is 14.7 Å². The molecule has 0 spiro atoms. The molecule has 692 valence electrons. The zero-order chi connectivity index (χ0) is 98.0. The molecule has 147 heavy (non-hydrogen) atoms. The van der Waals surface area contributed by atoms with Crippen LogP contribution in [0.1, 0.15) is 11.1 Å². The van der Waals surface area contributed by atoms with Crippen molar-refractivity contribution in [2.45, 2.75) is 13.8 Å². The summed E-state index contributed by atoms with van der Waals surface area (Å²) in [6.07, 6.45) is 0. The number of hydrogen-bond donors (Lipinski definition) is 0. The van der Waals surface area contributed by atoms with E-state index in [9.17, 15) is 0 Å². The summed E-state index contributed by atoms with van der Waals surface area (Å²) in [6, 6.07) is 210. The average molecular weight is 1870 g/mol. The first-order chi connectivity index (χ1) is 72.7. The average Bonchev–Trinajstić information content (AvgIpc) is 0.731. The number of benzene rings is 27. The number of nitrogens with zero attached hydrogens (tertiary/aromatic N) is 3. The summed E-state index contributed by atoms with van der Waals surface area (Å²) in [5.41, 5.74) is 32.3. The molecule has 27 aromatic carbocycles. The van der Waals surface area contributed by atoms with E-state index in [1.165, 1.54) is 208 Å². The van der Waals surface area contributed by atoms with Crippen molar-refractivity contribution in [3.05, 3.63) is 587 Å². The van der Waals surface area contributed by atoms with E-state index in [1.807, 2.05) is 0 Å². The first-order valence-electron chi connectivity index (χ1n) is 50.7. The van der Waals surface area contributed by atoms with E-state index in [0.717, 1.165) is 51.2 Å². The standard InChI is InChI=1S/C56H37N.C48H33N.C40H31N/c1-2-12-38(13-3-1)42-26-29-48(30-27-42)57(49-31-28-41-16-6-9-19-45(41)36-49)50-32-33-53-54(37-50)56(47-25-23-40-15-5-8-18-44(40)35-47)52-21-11-10-20-51(52)55(53)46-24-22-39-14-4-7-17-43(39)34-46;1-4-15-34(16-5-1)35-27-29-39(30-28-35)49(46-26-14-22-36-17-10-11-23-41(36)46)40-31-32-44-45(33-40)48(38-20-8-3-9-21-38)43-25-13-12-24-42(43)47(44)37-18-6-2-7-19-37;1-28-17-21-32(22-18-28)41(33-23-19-29(2)20-24-33)34-25-26-37-38(27-34)40(31-13-7-4-8-14-31)36-16-10-9-15-35(36)39(37)30-11-5-3-6-12-30/h1-37H;1-33H;3-27H,1-2H3. The largest absolute Gasteiger partial charge is 0.310 e. The summed E-state index contributed by atoms with van der Waals surface area (Å²) in [7, 11) is 0. The van der Waals surface area contributed by atoms with Gasteiger partial charge in [-0.2, -0.15) is 0 Å². The van der Waals surface area contributed by atoms with Gasteiger partial charge in [-0.3, -0.25) is 0 Å². The fourth-order valence-electron chi connectivity index (χ4n) is 22.2. The molecule has 0 atom stereocenters. The maximum Gasteiger partial charge on any atom is 0.0540 e. The smallest absolute Gasteiger partial charge is 0.0540 e. The van der Waals surface area contributed by atoms with Crippen LogP contribution in [-0.4, -0.2) is 0 Å². The molecule has 0 aromatic heterocycles. The molecule has 0 saturated carbocycles. The number of fused-ring (bicyclic) bond motifs is 10. The Morgan fingerprint density at radius 3 is 0.680 bits per heavy atom. The lowest BCUT2D eigenvalue weighted by Gasteiger charge is -2.28. The highest BCUT2D eigenvalue weighted by molar-refractivity contribution is 6.26. The fraction of sp³-hybridized carbons (Fsp3) is 0.0139. The topological polar surface area (TPSA) is 9.72 Å². The van der Waals surface area contributed by atoms with Crippen molar-refractivity contribution in [2.24, 2.45) is 0 Å². The molecule has 0 heterocycles. The maximum atomic E-state index is 2.43. The first-order valence-corrected chi connectivity index (χ1v) is 50.7. The summed E-state index contributed by atoms with van der Waals surface area (Å²) in [5, 5.41) is 24.8. The van der Waals surface area contributed by atoms with E-state index in [-0.39, 0.29) is 0 Å². The molecule has 27 rings (SSSR count). The van der Waals surface area contributed by atoms with Gasteiger partial charge in [-0.05, 0) is 320 Å². The third kappa shape index (κ3) is 17.4. The Morgan fingerprint density at radius 2 is 0.320 bits per heavy atom. The fourth-order valence-corrected chi connectivity index (χ4v) is 22.2. The molecule has 0 fully saturated rings. The molecular weight excluding hydrogens is 1770 g/mol. The molecule has 0 aliphatic carbocycles. The van der Waals surface area contributed by atoms with E-state index in [2.05, 4.69) is 605 Å². The van der Waals surface area contributed by atoms with Crippen molar-refractivity contribution in [1.29, 1.82) is 0 Å². The summed E-state index contributed by atoms with van der Waals surface area (Å²) in [4.78, 5) is 7.20. The number of anilines is 9. The van der Waals surface area contributed by atoms with Crippen LogP contribution in [0.25, 0.3) is 197 Å². The minimum atomic E-state index is 1.10. The SMILES string of the molecule is Cc1ccc(N(c2ccc(C)cc2)c2ccc3c(-c4ccccc4)c4ccccc4c(-c4ccccc4)c3c2)cc1.c1ccc(-c2ccc(N(c3ccc4c(-c5ccccc5)c5ccccc5c(-c5ccccc5)c4c3)c3cccc4ccccc34)cc2)cc1.c1ccc(-c2ccc(N(c3ccc4ccccc4c3)c3ccc4c(-c5ccc6ccccc6c5)c5ccccc5c(-c5ccc6ccccc6c5)c4c3)cc2)cc1. The second-order valence-corrected chi connectivity index (χ2v) is 38.2. The summed E-state index contributed by atoms with van der Waals surface area (Å²) >= 11 is 0. The molecule has 0 bridgehead atoms. The van der Waals surface area contributed by atoms with Crippen molar-refractivity contribution in [1.82, 2.24) is 0 Å². The minimum absolute atomic E-state index is 1.10. The third-order valence-corrected chi connectivity index (χ3v) is 29.2. The van der Waals surface area contributed by atoms with Gasteiger partial charge in [0.25, 0.3) is 0 Å². The van der Waals surface area contributed by atoms with Gasteiger partial charge in [-0.25, -0.2) is 0 Å². The van der Waals surface area contributed by atoms with Crippen LogP contribution < -0.4 is 14.7 Å².